The molecule has 1 aromatic heterocycles. The van der Waals surface area contributed by atoms with Gasteiger partial charge in [-0.05, 0) is 43.5 Å². The predicted molar refractivity (Wildman–Crippen MR) is 88.4 cm³/mol. The third kappa shape index (κ3) is 4.69. The quantitative estimate of drug-likeness (QED) is 0.887. The molecule has 1 unspecified atom stereocenters. The summed E-state index contributed by atoms with van der Waals surface area (Å²) < 4.78 is 0. The average molecular weight is 302 g/mol. The first-order valence-corrected chi connectivity index (χ1v) is 8.00. The van der Waals surface area contributed by atoms with Crippen LogP contribution in [0.25, 0.3) is 0 Å². The fourth-order valence-electron chi connectivity index (χ4n) is 2.22. The van der Waals surface area contributed by atoms with Crippen LogP contribution in [0.3, 0.4) is 0 Å². The largest absolute Gasteiger partial charge is 0.348 e. The first-order valence-electron chi connectivity index (χ1n) is 7.12. The van der Waals surface area contributed by atoms with E-state index < -0.39 is 0 Å². The van der Waals surface area contributed by atoms with Crippen LogP contribution in [0.5, 0.6) is 0 Å². The summed E-state index contributed by atoms with van der Waals surface area (Å²) in [6.45, 7) is 5.35. The summed E-state index contributed by atoms with van der Waals surface area (Å²) in [7, 11) is 1.98. The van der Waals surface area contributed by atoms with Gasteiger partial charge in [-0.2, -0.15) is 0 Å². The zero-order valence-corrected chi connectivity index (χ0v) is 13.6. The van der Waals surface area contributed by atoms with Gasteiger partial charge >= 0.3 is 0 Å². The number of carbonyl (C=O) groups is 1. The summed E-state index contributed by atoms with van der Waals surface area (Å²) in [6, 6.07) is 12.2. The van der Waals surface area contributed by atoms with Crippen LogP contribution in [-0.4, -0.2) is 24.4 Å². The molecule has 2 aromatic rings. The van der Waals surface area contributed by atoms with Crippen molar-refractivity contribution in [1.29, 1.82) is 0 Å². The lowest BCUT2D eigenvalue weighted by atomic mass is 10.1. The molecular weight excluding hydrogens is 280 g/mol. The predicted octanol–water partition coefficient (Wildman–Crippen LogP) is 3.37. The maximum Gasteiger partial charge on any atom is 0.234 e. The van der Waals surface area contributed by atoms with E-state index in [9.17, 15) is 4.79 Å². The van der Waals surface area contributed by atoms with Gasteiger partial charge < -0.3 is 5.32 Å². The van der Waals surface area contributed by atoms with E-state index in [4.69, 9.17) is 0 Å². The second kappa shape index (κ2) is 7.38. The number of nitrogens with one attached hydrogen (secondary N) is 1. The van der Waals surface area contributed by atoms with Gasteiger partial charge in [0.25, 0.3) is 0 Å². The fourth-order valence-corrected chi connectivity index (χ4v) is 3.21. The fraction of sp³-hybridized carbons (Fsp3) is 0.353. The van der Waals surface area contributed by atoms with Crippen LogP contribution in [0.4, 0.5) is 0 Å². The highest BCUT2D eigenvalue weighted by Gasteiger charge is 2.12. The second-order valence-electron chi connectivity index (χ2n) is 5.40. The molecule has 1 atom stereocenters. The van der Waals surface area contributed by atoms with Gasteiger partial charge in [0.15, 0.2) is 0 Å². The lowest BCUT2D eigenvalue weighted by Gasteiger charge is -2.19. The number of nitrogens with zero attached hydrogens (tertiary/aromatic N) is 1. The number of amides is 1. The van der Waals surface area contributed by atoms with Gasteiger partial charge in [0.2, 0.25) is 5.91 Å². The first-order chi connectivity index (χ1) is 10.1. The van der Waals surface area contributed by atoms with Crippen LogP contribution >= 0.6 is 11.3 Å². The molecule has 1 heterocycles. The summed E-state index contributed by atoms with van der Waals surface area (Å²) >= 11 is 1.74. The second-order valence-corrected chi connectivity index (χ2v) is 6.40. The molecule has 0 saturated heterocycles. The van der Waals surface area contributed by atoms with Crippen molar-refractivity contribution in [3.8, 4) is 0 Å². The average Bonchev–Trinajstić information content (AvgIpc) is 2.84. The molecule has 4 heteroatoms. The van der Waals surface area contributed by atoms with E-state index >= 15 is 0 Å². The van der Waals surface area contributed by atoms with Crippen molar-refractivity contribution < 1.29 is 4.79 Å². The first kappa shape index (κ1) is 15.7. The molecule has 0 aliphatic carbocycles. The van der Waals surface area contributed by atoms with Crippen molar-refractivity contribution in [2.24, 2.45) is 0 Å². The maximum atomic E-state index is 12.1. The number of carbonyl (C=O) groups excluding carboxylic acids is 1. The lowest BCUT2D eigenvalue weighted by Crippen LogP contribution is -2.36. The van der Waals surface area contributed by atoms with Crippen LogP contribution in [0.2, 0.25) is 0 Å². The van der Waals surface area contributed by atoms with E-state index in [-0.39, 0.29) is 11.9 Å². The highest BCUT2D eigenvalue weighted by Crippen LogP contribution is 2.17. The molecule has 21 heavy (non-hydrogen) atoms. The van der Waals surface area contributed by atoms with Crippen molar-refractivity contribution >= 4 is 17.2 Å². The summed E-state index contributed by atoms with van der Waals surface area (Å²) in [5, 5.41) is 5.14. The van der Waals surface area contributed by atoms with Crippen LogP contribution in [0.1, 0.15) is 29.0 Å². The Labute approximate surface area is 130 Å². The maximum absolute atomic E-state index is 12.1. The molecule has 0 aliphatic heterocycles. The minimum Gasteiger partial charge on any atom is -0.348 e. The Morgan fingerprint density at radius 3 is 2.62 bits per heavy atom. The highest BCUT2D eigenvalue weighted by molar-refractivity contribution is 7.10. The summed E-state index contributed by atoms with van der Waals surface area (Å²) in [4.78, 5) is 15.5. The lowest BCUT2D eigenvalue weighted by molar-refractivity contribution is -0.122. The van der Waals surface area contributed by atoms with Gasteiger partial charge in [0.05, 0.1) is 12.6 Å². The van der Waals surface area contributed by atoms with Crippen LogP contribution in [0, 0.1) is 6.92 Å². The van der Waals surface area contributed by atoms with Crippen molar-refractivity contribution in [2.75, 3.05) is 13.6 Å². The molecule has 1 amide bonds. The molecule has 3 nitrogen and oxygen atoms in total. The van der Waals surface area contributed by atoms with Crippen LogP contribution in [-0.2, 0) is 11.3 Å². The number of thiophene rings is 1. The molecule has 0 bridgehead atoms. The molecular formula is C17H22N2OS. The Bertz CT molecular complexity index is 579. The third-order valence-electron chi connectivity index (χ3n) is 3.47. The Hall–Kier alpha value is -1.65. The van der Waals surface area contributed by atoms with Crippen molar-refractivity contribution in [1.82, 2.24) is 10.2 Å². The van der Waals surface area contributed by atoms with Gasteiger partial charge in [0.1, 0.15) is 0 Å². The molecule has 112 valence electrons. The van der Waals surface area contributed by atoms with Gasteiger partial charge in [0, 0.05) is 11.4 Å². The number of aryl methyl sites for hydroxylation is 1. The number of hydrogen-bond acceptors (Lipinski definition) is 3. The van der Waals surface area contributed by atoms with Crippen LogP contribution in [0.15, 0.2) is 41.8 Å². The summed E-state index contributed by atoms with van der Waals surface area (Å²) in [5.74, 6) is 0.0584. The van der Waals surface area contributed by atoms with Gasteiger partial charge in [-0.1, -0.05) is 30.3 Å². The van der Waals surface area contributed by atoms with Gasteiger partial charge in [-0.3, -0.25) is 9.69 Å². The Morgan fingerprint density at radius 1 is 1.29 bits per heavy atom. The molecule has 0 radical (unpaired) electrons. The van der Waals surface area contributed by atoms with E-state index in [1.807, 2.05) is 49.2 Å². The summed E-state index contributed by atoms with van der Waals surface area (Å²) in [6.07, 6.45) is 0. The number of likely N-dealkylation sites (N-methyl/N-ethyl adjacent to an activating group) is 1. The number of hydrogen-bond donors (Lipinski definition) is 1. The minimum absolute atomic E-state index is 0.0376. The van der Waals surface area contributed by atoms with Crippen LogP contribution < -0.4 is 5.32 Å². The third-order valence-corrected chi connectivity index (χ3v) is 4.48. The monoisotopic (exact) mass is 302 g/mol. The molecule has 0 spiro atoms. The van der Waals surface area contributed by atoms with Crippen molar-refractivity contribution in [3.05, 3.63) is 57.8 Å². The smallest absolute Gasteiger partial charge is 0.234 e. The van der Waals surface area contributed by atoms with E-state index in [1.165, 1.54) is 10.4 Å². The van der Waals surface area contributed by atoms with E-state index in [2.05, 4.69) is 23.7 Å². The molecule has 1 N–H and O–H groups in total. The van der Waals surface area contributed by atoms with E-state index in [1.54, 1.807) is 11.3 Å². The normalized spacial score (nSPS) is 12.4. The SMILES string of the molecule is Cc1ccsc1CN(C)CC(=O)NC(C)c1ccccc1. The summed E-state index contributed by atoms with van der Waals surface area (Å²) in [5.41, 5.74) is 2.42. The highest BCUT2D eigenvalue weighted by atomic mass is 32.1. The van der Waals surface area contributed by atoms with Gasteiger partial charge in [-0.15, -0.1) is 11.3 Å². The Kier molecular flexibility index (Phi) is 5.53. The zero-order valence-electron chi connectivity index (χ0n) is 12.8. The molecule has 0 fully saturated rings. The van der Waals surface area contributed by atoms with Crippen molar-refractivity contribution in [2.45, 2.75) is 26.4 Å². The minimum atomic E-state index is 0.0376. The number of benzene rings is 1. The molecule has 0 saturated carbocycles. The number of rotatable bonds is 6. The zero-order chi connectivity index (χ0) is 15.2. The molecule has 0 aliphatic rings. The Balaban J connectivity index is 1.83. The Morgan fingerprint density at radius 2 is 2.00 bits per heavy atom. The topological polar surface area (TPSA) is 32.3 Å². The molecule has 2 rings (SSSR count). The molecule has 1 aromatic carbocycles. The van der Waals surface area contributed by atoms with E-state index in [0.29, 0.717) is 6.54 Å². The standard InChI is InChI=1S/C17H22N2OS/c1-13-9-10-21-16(13)11-19(3)12-17(20)18-14(2)15-7-5-4-6-8-15/h4-10,14H,11-12H2,1-3H3,(H,18,20). The van der Waals surface area contributed by atoms with Gasteiger partial charge in [-0.25, -0.2) is 0 Å². The van der Waals surface area contributed by atoms with E-state index in [0.717, 1.165) is 12.1 Å². The van der Waals surface area contributed by atoms with Crippen molar-refractivity contribution in [3.63, 3.8) is 0 Å².